The van der Waals surface area contributed by atoms with Gasteiger partial charge in [-0.3, -0.25) is 9.59 Å². The molecule has 108 valence electrons. The van der Waals surface area contributed by atoms with Crippen LogP contribution in [0.25, 0.3) is 0 Å². The minimum absolute atomic E-state index is 0.0876. The van der Waals surface area contributed by atoms with Crippen LogP contribution in [0.3, 0.4) is 0 Å². The van der Waals surface area contributed by atoms with Gasteiger partial charge in [0.05, 0.1) is 18.2 Å². The molecule has 0 bridgehead atoms. The van der Waals surface area contributed by atoms with Crippen molar-refractivity contribution in [3.8, 4) is 0 Å². The highest BCUT2D eigenvalue weighted by Crippen LogP contribution is 2.35. The SMILES string of the molecule is CCOC(=O)C1Cc2c(F)cc(NC(C)=O)c(F)c2C1. The number of benzene rings is 1. The van der Waals surface area contributed by atoms with Crippen LogP contribution in [-0.4, -0.2) is 18.5 Å². The van der Waals surface area contributed by atoms with Crippen LogP contribution in [0.4, 0.5) is 14.5 Å². The fourth-order valence-electron chi connectivity index (χ4n) is 2.42. The van der Waals surface area contributed by atoms with Gasteiger partial charge in [-0.15, -0.1) is 0 Å². The quantitative estimate of drug-likeness (QED) is 0.865. The van der Waals surface area contributed by atoms with Gasteiger partial charge in [-0.1, -0.05) is 0 Å². The van der Waals surface area contributed by atoms with Gasteiger partial charge in [0.2, 0.25) is 5.91 Å². The van der Waals surface area contributed by atoms with E-state index < -0.39 is 29.4 Å². The van der Waals surface area contributed by atoms with E-state index in [2.05, 4.69) is 5.32 Å². The average Bonchev–Trinajstić information content (AvgIpc) is 2.81. The Kier molecular flexibility index (Phi) is 4.01. The van der Waals surface area contributed by atoms with Crippen LogP contribution in [0.15, 0.2) is 6.07 Å². The minimum atomic E-state index is -0.677. The zero-order chi connectivity index (χ0) is 14.9. The molecule has 0 fully saturated rings. The Morgan fingerprint density at radius 3 is 2.60 bits per heavy atom. The number of hydrogen-bond acceptors (Lipinski definition) is 3. The molecule has 0 heterocycles. The average molecular weight is 283 g/mol. The van der Waals surface area contributed by atoms with E-state index in [1.54, 1.807) is 6.92 Å². The summed E-state index contributed by atoms with van der Waals surface area (Å²) in [5, 5.41) is 2.24. The third kappa shape index (κ3) is 2.64. The normalized spacial score (nSPS) is 16.7. The van der Waals surface area contributed by atoms with Crippen LogP contribution < -0.4 is 5.32 Å². The molecule has 0 aliphatic heterocycles. The molecule has 1 aliphatic carbocycles. The van der Waals surface area contributed by atoms with Crippen molar-refractivity contribution in [3.05, 3.63) is 28.8 Å². The number of ether oxygens (including phenoxy) is 1. The molecule has 0 spiro atoms. The number of carbonyl (C=O) groups is 2. The summed E-state index contributed by atoms with van der Waals surface area (Å²) >= 11 is 0. The highest BCUT2D eigenvalue weighted by molar-refractivity contribution is 5.89. The fourth-order valence-corrected chi connectivity index (χ4v) is 2.42. The van der Waals surface area contributed by atoms with Gasteiger partial charge in [-0.25, -0.2) is 8.78 Å². The van der Waals surface area contributed by atoms with Gasteiger partial charge in [0.25, 0.3) is 0 Å². The van der Waals surface area contributed by atoms with E-state index in [0.717, 1.165) is 6.07 Å². The maximum Gasteiger partial charge on any atom is 0.309 e. The van der Waals surface area contributed by atoms with Crippen molar-refractivity contribution in [1.29, 1.82) is 0 Å². The van der Waals surface area contributed by atoms with Gasteiger partial charge in [0.15, 0.2) is 0 Å². The number of anilines is 1. The van der Waals surface area contributed by atoms with Gasteiger partial charge in [-0.2, -0.15) is 0 Å². The zero-order valence-electron chi connectivity index (χ0n) is 11.3. The predicted octanol–water partition coefficient (Wildman–Crippen LogP) is 2.20. The molecule has 1 unspecified atom stereocenters. The highest BCUT2D eigenvalue weighted by Gasteiger charge is 2.34. The van der Waals surface area contributed by atoms with Gasteiger partial charge in [0, 0.05) is 13.0 Å². The summed E-state index contributed by atoms with van der Waals surface area (Å²) in [7, 11) is 0. The third-order valence-corrected chi connectivity index (χ3v) is 3.26. The molecule has 1 atom stereocenters. The molecular weight excluding hydrogens is 268 g/mol. The summed E-state index contributed by atoms with van der Waals surface area (Å²) in [5.41, 5.74) is 0.139. The van der Waals surface area contributed by atoms with Gasteiger partial charge in [-0.05, 0) is 30.9 Å². The number of hydrogen-bond donors (Lipinski definition) is 1. The van der Waals surface area contributed by atoms with E-state index >= 15 is 0 Å². The molecule has 1 aliphatic rings. The van der Waals surface area contributed by atoms with E-state index in [-0.39, 0.29) is 36.3 Å². The number of fused-ring (bicyclic) bond motifs is 1. The van der Waals surface area contributed by atoms with Crippen molar-refractivity contribution < 1.29 is 23.1 Å². The molecule has 1 amide bonds. The fraction of sp³-hybridized carbons (Fsp3) is 0.429. The lowest BCUT2D eigenvalue weighted by Gasteiger charge is -2.09. The van der Waals surface area contributed by atoms with Crippen molar-refractivity contribution >= 4 is 17.6 Å². The highest BCUT2D eigenvalue weighted by atomic mass is 19.1. The predicted molar refractivity (Wildman–Crippen MR) is 68.2 cm³/mol. The lowest BCUT2D eigenvalue weighted by Crippen LogP contribution is -2.18. The Morgan fingerprint density at radius 1 is 1.35 bits per heavy atom. The lowest BCUT2D eigenvalue weighted by atomic mass is 10.1. The second kappa shape index (κ2) is 5.56. The van der Waals surface area contributed by atoms with Crippen LogP contribution in [0.5, 0.6) is 0 Å². The van der Waals surface area contributed by atoms with E-state index in [4.69, 9.17) is 4.74 Å². The first-order valence-corrected chi connectivity index (χ1v) is 6.38. The van der Waals surface area contributed by atoms with Crippen molar-refractivity contribution in [2.45, 2.75) is 26.7 Å². The maximum atomic E-state index is 14.2. The van der Waals surface area contributed by atoms with E-state index in [1.807, 2.05) is 0 Å². The summed E-state index contributed by atoms with van der Waals surface area (Å²) in [6, 6.07) is 0.948. The van der Waals surface area contributed by atoms with Crippen molar-refractivity contribution in [2.75, 3.05) is 11.9 Å². The first-order chi connectivity index (χ1) is 9.43. The zero-order valence-corrected chi connectivity index (χ0v) is 11.3. The molecule has 0 aromatic heterocycles. The molecule has 20 heavy (non-hydrogen) atoms. The monoisotopic (exact) mass is 283 g/mol. The molecule has 0 saturated carbocycles. The molecule has 0 saturated heterocycles. The summed E-state index contributed by atoms with van der Waals surface area (Å²) in [6.45, 7) is 3.12. The summed E-state index contributed by atoms with van der Waals surface area (Å²) < 4.78 is 33.0. The largest absolute Gasteiger partial charge is 0.466 e. The van der Waals surface area contributed by atoms with Gasteiger partial charge in [0.1, 0.15) is 11.6 Å². The van der Waals surface area contributed by atoms with Crippen LogP contribution >= 0.6 is 0 Å². The summed E-state index contributed by atoms with van der Waals surface area (Å²) in [6.07, 6.45) is 0.210. The Labute approximate surface area is 115 Å². The molecule has 6 heteroatoms. The van der Waals surface area contributed by atoms with E-state index in [0.29, 0.717) is 0 Å². The Bertz CT molecular complexity index is 572. The molecule has 4 nitrogen and oxygen atoms in total. The second-order valence-electron chi connectivity index (χ2n) is 4.72. The first-order valence-electron chi connectivity index (χ1n) is 6.38. The number of nitrogens with one attached hydrogen (secondary N) is 1. The number of rotatable bonds is 3. The third-order valence-electron chi connectivity index (χ3n) is 3.26. The Hall–Kier alpha value is -1.98. The van der Waals surface area contributed by atoms with Crippen molar-refractivity contribution in [2.24, 2.45) is 5.92 Å². The van der Waals surface area contributed by atoms with Crippen LogP contribution in [0.2, 0.25) is 0 Å². The van der Waals surface area contributed by atoms with E-state index in [9.17, 15) is 18.4 Å². The van der Waals surface area contributed by atoms with Gasteiger partial charge >= 0.3 is 5.97 Å². The smallest absolute Gasteiger partial charge is 0.309 e. The standard InChI is InChI=1S/C14H15F2NO3/c1-3-20-14(19)8-4-9-10(5-8)13(16)12(6-11(9)15)17-7(2)18/h6,8H,3-5H2,1-2H3,(H,17,18). The lowest BCUT2D eigenvalue weighted by molar-refractivity contribution is -0.147. The second-order valence-corrected chi connectivity index (χ2v) is 4.72. The number of carbonyl (C=O) groups excluding carboxylic acids is 2. The number of esters is 1. The number of halogens is 2. The topological polar surface area (TPSA) is 55.4 Å². The first kappa shape index (κ1) is 14.4. The van der Waals surface area contributed by atoms with Crippen LogP contribution in [0, 0.1) is 17.6 Å². The van der Waals surface area contributed by atoms with Crippen molar-refractivity contribution in [3.63, 3.8) is 0 Å². The molecule has 1 aromatic carbocycles. The maximum absolute atomic E-state index is 14.2. The molecule has 0 radical (unpaired) electrons. The van der Waals surface area contributed by atoms with Crippen LogP contribution in [-0.2, 0) is 27.2 Å². The summed E-state index contributed by atoms with van der Waals surface area (Å²) in [4.78, 5) is 22.6. The van der Waals surface area contributed by atoms with E-state index in [1.165, 1.54) is 6.92 Å². The molecule has 2 rings (SSSR count). The minimum Gasteiger partial charge on any atom is -0.466 e. The molecular formula is C14H15F2NO3. The number of amides is 1. The van der Waals surface area contributed by atoms with Crippen molar-refractivity contribution in [1.82, 2.24) is 0 Å². The summed E-state index contributed by atoms with van der Waals surface area (Å²) in [5.74, 6) is -2.80. The molecule has 1 N–H and O–H groups in total. The van der Waals surface area contributed by atoms with Gasteiger partial charge < -0.3 is 10.1 Å². The van der Waals surface area contributed by atoms with Crippen LogP contribution in [0.1, 0.15) is 25.0 Å². The Balaban J connectivity index is 2.32. The Morgan fingerprint density at radius 2 is 2.00 bits per heavy atom. The molecule has 1 aromatic rings.